The first-order chi connectivity index (χ1) is 9.28. The number of aliphatic hydroxyl groups excluding tert-OH is 1. The van der Waals surface area contributed by atoms with Gasteiger partial charge in [-0.25, -0.2) is 0 Å². The van der Waals surface area contributed by atoms with E-state index in [0.29, 0.717) is 12.6 Å². The van der Waals surface area contributed by atoms with E-state index in [4.69, 9.17) is 4.74 Å². The molecule has 0 bridgehead atoms. The molecule has 5 heteroatoms. The molecule has 108 valence electrons. The first-order valence-corrected chi connectivity index (χ1v) is 7.81. The topological polar surface area (TPSA) is 44.7 Å². The van der Waals surface area contributed by atoms with Crippen LogP contribution in [0.1, 0.15) is 17.7 Å². The maximum Gasteiger partial charge on any atom is 0.0900 e. The average Bonchev–Trinajstić information content (AvgIpc) is 2.91. The Kier molecular flexibility index (Phi) is 6.26. The molecule has 1 saturated heterocycles. The molecule has 2 N–H and O–H groups in total. The third-order valence-corrected chi connectivity index (χ3v) is 4.44. The van der Waals surface area contributed by atoms with Crippen LogP contribution < -0.4 is 5.32 Å². The molecule has 1 aliphatic rings. The number of hydrogen-bond acceptors (Lipinski definition) is 5. The molecule has 0 radical (unpaired) electrons. The van der Waals surface area contributed by atoms with Crippen molar-refractivity contribution in [1.29, 1.82) is 0 Å². The Labute approximate surface area is 119 Å². The summed E-state index contributed by atoms with van der Waals surface area (Å²) in [4.78, 5) is 3.73. The van der Waals surface area contributed by atoms with Crippen molar-refractivity contribution >= 4 is 11.3 Å². The monoisotopic (exact) mass is 284 g/mol. The van der Waals surface area contributed by atoms with E-state index < -0.39 is 0 Å². The van der Waals surface area contributed by atoms with Crippen LogP contribution in [0, 0.1) is 0 Å². The van der Waals surface area contributed by atoms with Crippen molar-refractivity contribution in [2.45, 2.75) is 31.5 Å². The second-order valence-corrected chi connectivity index (χ2v) is 6.18. The van der Waals surface area contributed by atoms with Crippen molar-refractivity contribution < 1.29 is 9.84 Å². The van der Waals surface area contributed by atoms with Gasteiger partial charge >= 0.3 is 0 Å². The van der Waals surface area contributed by atoms with Crippen molar-refractivity contribution in [2.24, 2.45) is 0 Å². The zero-order valence-electron chi connectivity index (χ0n) is 11.5. The van der Waals surface area contributed by atoms with Gasteiger partial charge in [-0.15, -0.1) is 11.3 Å². The van der Waals surface area contributed by atoms with Crippen LogP contribution in [0.4, 0.5) is 0 Å². The normalized spacial score (nSPS) is 19.7. The van der Waals surface area contributed by atoms with Crippen LogP contribution in [-0.2, 0) is 11.3 Å². The third-order valence-electron chi connectivity index (χ3n) is 3.56. The summed E-state index contributed by atoms with van der Waals surface area (Å²) < 4.78 is 4.96. The fourth-order valence-electron chi connectivity index (χ4n) is 2.52. The van der Waals surface area contributed by atoms with E-state index in [1.54, 1.807) is 18.4 Å². The van der Waals surface area contributed by atoms with Gasteiger partial charge < -0.3 is 20.1 Å². The smallest absolute Gasteiger partial charge is 0.0900 e. The van der Waals surface area contributed by atoms with Crippen LogP contribution in [0.15, 0.2) is 17.5 Å². The number of rotatable bonds is 7. The molecule has 0 amide bonds. The average molecular weight is 284 g/mol. The van der Waals surface area contributed by atoms with Crippen molar-refractivity contribution in [3.8, 4) is 0 Å². The van der Waals surface area contributed by atoms with Crippen LogP contribution >= 0.6 is 11.3 Å². The second kappa shape index (κ2) is 7.97. The maximum absolute atomic E-state index is 9.71. The van der Waals surface area contributed by atoms with Gasteiger partial charge in [0.15, 0.2) is 0 Å². The molecule has 1 aromatic heterocycles. The molecule has 1 aliphatic heterocycles. The summed E-state index contributed by atoms with van der Waals surface area (Å²) in [6, 6.07) is 4.88. The molecule has 2 heterocycles. The molecule has 0 aliphatic carbocycles. The number of ether oxygens (including phenoxy) is 1. The van der Waals surface area contributed by atoms with Gasteiger partial charge in [0.2, 0.25) is 0 Å². The summed E-state index contributed by atoms with van der Waals surface area (Å²) in [6.07, 6.45) is 1.96. The Morgan fingerprint density at radius 3 is 2.95 bits per heavy atom. The number of piperidine rings is 1. The SMILES string of the molecule is COCC(O)CN1CCC(NCc2cccs2)CC1. The fraction of sp³-hybridized carbons (Fsp3) is 0.714. The summed E-state index contributed by atoms with van der Waals surface area (Å²) in [6.45, 7) is 4.25. The van der Waals surface area contributed by atoms with E-state index in [2.05, 4.69) is 27.7 Å². The zero-order valence-corrected chi connectivity index (χ0v) is 12.4. The predicted molar refractivity (Wildman–Crippen MR) is 78.5 cm³/mol. The first kappa shape index (κ1) is 14.9. The Morgan fingerprint density at radius 2 is 2.32 bits per heavy atom. The standard InChI is InChI=1S/C14H24N2O2S/c1-18-11-13(17)10-16-6-4-12(5-7-16)15-9-14-3-2-8-19-14/h2-3,8,12-13,15,17H,4-7,9-11H2,1H3. The highest BCUT2D eigenvalue weighted by atomic mass is 32.1. The van der Waals surface area contributed by atoms with Crippen molar-refractivity contribution in [2.75, 3.05) is 33.4 Å². The highest BCUT2D eigenvalue weighted by Gasteiger charge is 2.20. The molecule has 1 fully saturated rings. The van der Waals surface area contributed by atoms with Gasteiger partial charge in [0, 0.05) is 31.1 Å². The lowest BCUT2D eigenvalue weighted by Gasteiger charge is -2.33. The van der Waals surface area contributed by atoms with E-state index >= 15 is 0 Å². The third kappa shape index (κ3) is 5.20. The minimum atomic E-state index is -0.361. The highest BCUT2D eigenvalue weighted by molar-refractivity contribution is 7.09. The minimum absolute atomic E-state index is 0.361. The largest absolute Gasteiger partial charge is 0.389 e. The molecule has 4 nitrogen and oxygen atoms in total. The van der Waals surface area contributed by atoms with Crippen molar-refractivity contribution in [3.05, 3.63) is 22.4 Å². The lowest BCUT2D eigenvalue weighted by molar-refractivity contribution is 0.0310. The Hall–Kier alpha value is -0.460. The maximum atomic E-state index is 9.71. The number of nitrogens with one attached hydrogen (secondary N) is 1. The van der Waals surface area contributed by atoms with E-state index in [0.717, 1.165) is 39.0 Å². The van der Waals surface area contributed by atoms with Gasteiger partial charge in [0.05, 0.1) is 12.7 Å². The highest BCUT2D eigenvalue weighted by Crippen LogP contribution is 2.13. The number of thiophene rings is 1. The molecule has 0 spiro atoms. The lowest BCUT2D eigenvalue weighted by Crippen LogP contribution is -2.45. The summed E-state index contributed by atoms with van der Waals surface area (Å²) in [5.41, 5.74) is 0. The summed E-state index contributed by atoms with van der Waals surface area (Å²) in [5.74, 6) is 0. The van der Waals surface area contributed by atoms with E-state index in [-0.39, 0.29) is 6.10 Å². The van der Waals surface area contributed by atoms with Crippen molar-refractivity contribution in [1.82, 2.24) is 10.2 Å². The zero-order chi connectivity index (χ0) is 13.5. The quantitative estimate of drug-likeness (QED) is 0.792. The number of aliphatic hydroxyl groups is 1. The van der Waals surface area contributed by atoms with Crippen LogP contribution in [-0.4, -0.2) is 55.5 Å². The van der Waals surface area contributed by atoms with Gasteiger partial charge in [-0.3, -0.25) is 0 Å². The van der Waals surface area contributed by atoms with Crippen LogP contribution in [0.3, 0.4) is 0 Å². The number of β-amino-alcohol motifs (C(OH)–C–C–N with tert-alkyl or cyclic N) is 1. The van der Waals surface area contributed by atoms with Crippen LogP contribution in [0.2, 0.25) is 0 Å². The molecule has 1 atom stereocenters. The van der Waals surface area contributed by atoms with E-state index in [1.807, 2.05) is 0 Å². The molecule has 19 heavy (non-hydrogen) atoms. The molecule has 1 unspecified atom stereocenters. The van der Waals surface area contributed by atoms with E-state index in [1.165, 1.54) is 4.88 Å². The van der Waals surface area contributed by atoms with Gasteiger partial charge in [-0.1, -0.05) is 6.07 Å². The van der Waals surface area contributed by atoms with Crippen LogP contribution in [0.25, 0.3) is 0 Å². The van der Waals surface area contributed by atoms with Gasteiger partial charge in [0.1, 0.15) is 0 Å². The second-order valence-electron chi connectivity index (χ2n) is 5.14. The van der Waals surface area contributed by atoms with Gasteiger partial charge in [-0.05, 0) is 37.4 Å². The number of likely N-dealkylation sites (tertiary alicyclic amines) is 1. The molecular formula is C14H24N2O2S. The molecular weight excluding hydrogens is 260 g/mol. The van der Waals surface area contributed by atoms with Gasteiger partial charge in [-0.2, -0.15) is 0 Å². The lowest BCUT2D eigenvalue weighted by atomic mass is 10.0. The summed E-state index contributed by atoms with van der Waals surface area (Å²) in [7, 11) is 1.63. The van der Waals surface area contributed by atoms with Crippen molar-refractivity contribution in [3.63, 3.8) is 0 Å². The molecule has 0 saturated carbocycles. The summed E-state index contributed by atoms with van der Waals surface area (Å²) >= 11 is 1.81. The minimum Gasteiger partial charge on any atom is -0.389 e. The number of hydrogen-bond donors (Lipinski definition) is 2. The molecule has 0 aromatic carbocycles. The van der Waals surface area contributed by atoms with E-state index in [9.17, 15) is 5.11 Å². The number of nitrogens with zero attached hydrogens (tertiary/aromatic N) is 1. The fourth-order valence-corrected chi connectivity index (χ4v) is 3.18. The first-order valence-electron chi connectivity index (χ1n) is 6.93. The van der Waals surface area contributed by atoms with Crippen LogP contribution in [0.5, 0.6) is 0 Å². The molecule has 2 rings (SSSR count). The Balaban J connectivity index is 1.62. The van der Waals surface area contributed by atoms with Gasteiger partial charge in [0.25, 0.3) is 0 Å². The Bertz CT molecular complexity index is 337. The predicted octanol–water partition coefficient (Wildman–Crippen LogP) is 1.31. The Morgan fingerprint density at radius 1 is 1.53 bits per heavy atom. The molecule has 1 aromatic rings. The number of methoxy groups -OCH3 is 1. The summed E-state index contributed by atoms with van der Waals surface area (Å²) in [5, 5.41) is 15.5.